The maximum Gasteiger partial charge on any atom is 0.140 e. The van der Waals surface area contributed by atoms with E-state index < -0.39 is 5.41 Å². The van der Waals surface area contributed by atoms with Gasteiger partial charge in [0.1, 0.15) is 11.2 Å². The molecule has 0 saturated carbocycles. The standard InChI is InChI=1S/C63H45NO/c1-61-39-19-36-57(59(61)50-28-12-17-34-55(50)63(61)53-32-15-10-26-46(53)47-27-11-16-33-54(47)63)64(42-22-6-3-7-23-42)43-37-38-48-49-29-18-35-56(60(49)65-58(48)40-43)62(41-20-4-2-5-21-41)51-30-13-8-24-44(51)45-25-9-14-31-52(45)62/h3-4,6-40,59H,2,5H2,1H3. The summed E-state index contributed by atoms with van der Waals surface area (Å²) in [6, 6.07) is 70.2. The summed E-state index contributed by atoms with van der Waals surface area (Å²) in [6.45, 7) is 2.51. The van der Waals surface area contributed by atoms with Crippen molar-refractivity contribution in [2.24, 2.45) is 5.41 Å². The molecular formula is C63H45NO. The average molecular weight is 832 g/mol. The van der Waals surface area contributed by atoms with Gasteiger partial charge in [0.15, 0.2) is 0 Å². The first-order valence-corrected chi connectivity index (χ1v) is 23.2. The minimum Gasteiger partial charge on any atom is -0.456 e. The fourth-order valence-electron chi connectivity index (χ4n) is 13.5. The zero-order chi connectivity index (χ0) is 42.9. The van der Waals surface area contributed by atoms with E-state index in [0.29, 0.717) is 0 Å². The Balaban J connectivity index is 0.983. The molecule has 0 fully saturated rings. The number of benzene rings is 8. The third-order valence-corrected chi connectivity index (χ3v) is 15.8. The maximum atomic E-state index is 7.36. The monoisotopic (exact) mass is 831 g/mol. The van der Waals surface area contributed by atoms with E-state index in [1.54, 1.807) is 0 Å². The van der Waals surface area contributed by atoms with E-state index in [2.05, 4.69) is 236 Å². The van der Waals surface area contributed by atoms with Crippen LogP contribution in [0.5, 0.6) is 0 Å². The van der Waals surface area contributed by atoms with E-state index in [1.807, 2.05) is 0 Å². The van der Waals surface area contributed by atoms with E-state index >= 15 is 0 Å². The molecular weight excluding hydrogens is 787 g/mol. The van der Waals surface area contributed by atoms with Crippen molar-refractivity contribution in [3.63, 3.8) is 0 Å². The highest BCUT2D eigenvalue weighted by molar-refractivity contribution is 6.08. The van der Waals surface area contributed by atoms with Crippen LogP contribution in [0.2, 0.25) is 0 Å². The Morgan fingerprint density at radius 2 is 1.12 bits per heavy atom. The second-order valence-electron chi connectivity index (χ2n) is 18.7. The highest BCUT2D eigenvalue weighted by atomic mass is 16.3. The number of para-hydroxylation sites is 2. The lowest BCUT2D eigenvalue weighted by Crippen LogP contribution is -2.44. The van der Waals surface area contributed by atoms with E-state index in [9.17, 15) is 0 Å². The predicted molar refractivity (Wildman–Crippen MR) is 267 cm³/mol. The number of anilines is 2. The van der Waals surface area contributed by atoms with Crippen LogP contribution in [0.25, 0.3) is 44.2 Å². The van der Waals surface area contributed by atoms with Crippen LogP contribution in [0.4, 0.5) is 11.4 Å². The van der Waals surface area contributed by atoms with Gasteiger partial charge in [-0.25, -0.2) is 0 Å². The predicted octanol–water partition coefficient (Wildman–Crippen LogP) is 15.9. The van der Waals surface area contributed by atoms with Crippen molar-refractivity contribution < 1.29 is 4.42 Å². The molecule has 1 heterocycles. The van der Waals surface area contributed by atoms with E-state index in [0.717, 1.165) is 46.2 Å². The lowest BCUT2D eigenvalue weighted by atomic mass is 9.55. The molecule has 0 amide bonds. The first kappa shape index (κ1) is 36.8. The number of rotatable bonds is 5. The second-order valence-corrected chi connectivity index (χ2v) is 18.7. The summed E-state index contributed by atoms with van der Waals surface area (Å²) in [5, 5.41) is 2.25. The molecule has 0 bridgehead atoms. The van der Waals surface area contributed by atoms with Crippen LogP contribution in [-0.4, -0.2) is 0 Å². The smallest absolute Gasteiger partial charge is 0.140 e. The van der Waals surface area contributed by atoms with Gasteiger partial charge in [0, 0.05) is 50.8 Å². The first-order chi connectivity index (χ1) is 32.1. The zero-order valence-electron chi connectivity index (χ0n) is 36.2. The van der Waals surface area contributed by atoms with Gasteiger partial charge in [0.05, 0.1) is 10.8 Å². The van der Waals surface area contributed by atoms with Gasteiger partial charge in [-0.2, -0.15) is 0 Å². The minimum absolute atomic E-state index is 0.0419. The van der Waals surface area contributed by atoms with Crippen LogP contribution in [0, 0.1) is 5.41 Å². The Hall–Kier alpha value is -7.68. The molecule has 65 heavy (non-hydrogen) atoms. The van der Waals surface area contributed by atoms with Gasteiger partial charge in [0.25, 0.3) is 0 Å². The number of allylic oxidation sites excluding steroid dienone is 8. The number of furan rings is 1. The highest BCUT2D eigenvalue weighted by Crippen LogP contribution is 2.72. The molecule has 0 saturated heterocycles. The van der Waals surface area contributed by atoms with Crippen molar-refractivity contribution in [2.75, 3.05) is 4.90 Å². The SMILES string of the molecule is CC12C=CC=C(N(c3ccccc3)c3ccc4c(c3)oc3c(C5(C6=CCCC=C6)c6ccccc6-c6ccccc65)cccc34)C1c1ccccc1C21c2ccccc2-c2ccccc21. The van der Waals surface area contributed by atoms with E-state index in [1.165, 1.54) is 72.5 Å². The van der Waals surface area contributed by atoms with Crippen molar-refractivity contribution in [3.05, 3.63) is 275 Å². The normalized spacial score (nSPS) is 19.9. The van der Waals surface area contributed by atoms with E-state index in [4.69, 9.17) is 4.42 Å². The van der Waals surface area contributed by atoms with E-state index in [-0.39, 0.29) is 16.7 Å². The summed E-state index contributed by atoms with van der Waals surface area (Å²) < 4.78 is 7.36. The van der Waals surface area contributed by atoms with Crippen LogP contribution in [0.1, 0.15) is 64.6 Å². The number of hydrogen-bond donors (Lipinski definition) is 0. The number of hydrogen-bond acceptors (Lipinski definition) is 2. The Bertz CT molecular complexity index is 3500. The minimum atomic E-state index is -0.524. The molecule has 14 rings (SSSR count). The topological polar surface area (TPSA) is 16.4 Å². The maximum absolute atomic E-state index is 7.36. The molecule has 8 aromatic carbocycles. The van der Waals surface area contributed by atoms with Crippen molar-refractivity contribution in [1.82, 2.24) is 0 Å². The Morgan fingerprint density at radius 1 is 0.523 bits per heavy atom. The van der Waals surface area contributed by atoms with Gasteiger partial charge in [-0.15, -0.1) is 0 Å². The van der Waals surface area contributed by atoms with Crippen molar-refractivity contribution in [2.45, 2.75) is 36.5 Å². The Morgan fingerprint density at radius 3 is 1.80 bits per heavy atom. The summed E-state index contributed by atoms with van der Waals surface area (Å²) in [6.07, 6.45) is 16.5. The summed E-state index contributed by atoms with van der Waals surface area (Å²) in [4.78, 5) is 2.51. The third kappa shape index (κ3) is 4.59. The van der Waals surface area contributed by atoms with Crippen LogP contribution in [0.15, 0.2) is 240 Å². The molecule has 2 heteroatoms. The molecule has 5 aliphatic carbocycles. The van der Waals surface area contributed by atoms with Gasteiger partial charge in [-0.05, 0) is 104 Å². The van der Waals surface area contributed by atoms with Gasteiger partial charge >= 0.3 is 0 Å². The molecule has 2 atom stereocenters. The molecule has 0 aliphatic heterocycles. The molecule has 2 unspecified atom stereocenters. The summed E-state index contributed by atoms with van der Waals surface area (Å²) in [5.74, 6) is 0.0419. The van der Waals surface area contributed by atoms with Gasteiger partial charge in [-0.1, -0.05) is 195 Å². The van der Waals surface area contributed by atoms with Crippen LogP contribution in [-0.2, 0) is 10.8 Å². The average Bonchev–Trinajstić information content (AvgIpc) is 4.06. The highest BCUT2D eigenvalue weighted by Gasteiger charge is 2.65. The molecule has 0 N–H and O–H groups in total. The van der Waals surface area contributed by atoms with Crippen LogP contribution in [0.3, 0.4) is 0 Å². The molecule has 2 nitrogen and oxygen atoms in total. The fraction of sp³-hybridized carbons (Fsp3) is 0.111. The van der Waals surface area contributed by atoms with Crippen molar-refractivity contribution >= 4 is 33.3 Å². The molecule has 5 aliphatic rings. The first-order valence-electron chi connectivity index (χ1n) is 23.2. The van der Waals surface area contributed by atoms with Crippen molar-refractivity contribution in [1.29, 1.82) is 0 Å². The molecule has 1 spiro atoms. The largest absolute Gasteiger partial charge is 0.456 e. The summed E-state index contributed by atoms with van der Waals surface area (Å²) in [5.41, 5.74) is 19.9. The Kier molecular flexibility index (Phi) is 7.59. The van der Waals surface area contributed by atoms with Gasteiger partial charge in [0.2, 0.25) is 0 Å². The summed E-state index contributed by atoms with van der Waals surface area (Å²) >= 11 is 0. The molecule has 1 aromatic heterocycles. The number of nitrogens with zero attached hydrogens (tertiary/aromatic N) is 1. The Labute approximate surface area is 379 Å². The lowest BCUT2D eigenvalue weighted by molar-refractivity contribution is 0.284. The zero-order valence-corrected chi connectivity index (χ0v) is 36.2. The summed E-state index contributed by atoms with van der Waals surface area (Å²) in [7, 11) is 0. The van der Waals surface area contributed by atoms with Crippen molar-refractivity contribution in [3.8, 4) is 22.3 Å². The third-order valence-electron chi connectivity index (χ3n) is 15.8. The fourth-order valence-corrected chi connectivity index (χ4v) is 13.5. The molecule has 9 aromatic rings. The lowest BCUT2D eigenvalue weighted by Gasteiger charge is -2.48. The molecule has 0 radical (unpaired) electrons. The van der Waals surface area contributed by atoms with Gasteiger partial charge in [-0.3, -0.25) is 0 Å². The van der Waals surface area contributed by atoms with Crippen LogP contribution >= 0.6 is 0 Å². The van der Waals surface area contributed by atoms with Gasteiger partial charge < -0.3 is 9.32 Å². The molecule has 308 valence electrons. The quantitative estimate of drug-likeness (QED) is 0.172. The number of fused-ring (bicyclic) bond motifs is 16. The second kappa shape index (κ2) is 13.4. The van der Waals surface area contributed by atoms with Crippen LogP contribution < -0.4 is 4.90 Å².